The summed E-state index contributed by atoms with van der Waals surface area (Å²) in [5.74, 6) is -8.35. The summed E-state index contributed by atoms with van der Waals surface area (Å²) in [5.41, 5.74) is -9.41. The van der Waals surface area contributed by atoms with Crippen molar-refractivity contribution in [2.24, 2.45) is 0 Å². The molecular weight excluding hydrogens is 582 g/mol. The zero-order valence-electron chi connectivity index (χ0n) is 21.4. The maximum absolute atomic E-state index is 16.8. The van der Waals surface area contributed by atoms with Crippen molar-refractivity contribution in [3.8, 4) is 18.2 Å². The van der Waals surface area contributed by atoms with Gasteiger partial charge in [-0.1, -0.05) is 12.1 Å². The Balaban J connectivity index is 2.03. The molecule has 0 saturated carbocycles. The molecule has 2 aliphatic carbocycles. The standard InChI is InChI=1S/C32H6F6N6/c1-42-20(11-40)25-22(13-4-6-16(33)18(35)8-13)15(10-39)24-27(25)31(38)29-28(30(24)37)26(21(12-41)43-2)23(32(29)44-3)14-5-7-17(34)19(36)9-14/h4-9H/b25-20-,26-21+. The van der Waals surface area contributed by atoms with Gasteiger partial charge in [0.05, 0.1) is 37.4 Å². The van der Waals surface area contributed by atoms with E-state index in [2.05, 4.69) is 14.5 Å². The van der Waals surface area contributed by atoms with Crippen molar-refractivity contribution in [2.75, 3.05) is 0 Å². The summed E-state index contributed by atoms with van der Waals surface area (Å²) in [5, 5.41) is 29.6. The first-order chi connectivity index (χ1) is 21.1. The largest absolute Gasteiger partial charge is 0.270 e. The molecule has 0 bridgehead atoms. The minimum absolute atomic E-state index is 0.315. The number of benzene rings is 3. The zero-order chi connectivity index (χ0) is 32.0. The third kappa shape index (κ3) is 3.85. The van der Waals surface area contributed by atoms with Gasteiger partial charge < -0.3 is 0 Å². The van der Waals surface area contributed by atoms with Crippen molar-refractivity contribution in [3.05, 3.63) is 150 Å². The molecule has 0 amide bonds. The number of nitrogens with zero attached hydrogens (tertiary/aromatic N) is 6. The quantitative estimate of drug-likeness (QED) is 0.172. The van der Waals surface area contributed by atoms with Gasteiger partial charge in [-0.2, -0.15) is 5.26 Å². The van der Waals surface area contributed by atoms with Crippen LogP contribution in [0.25, 0.3) is 48.1 Å². The lowest BCUT2D eigenvalue weighted by Crippen LogP contribution is -2.05. The molecule has 0 heterocycles. The van der Waals surface area contributed by atoms with E-state index in [0.717, 1.165) is 12.1 Å². The molecule has 0 fully saturated rings. The van der Waals surface area contributed by atoms with Crippen LogP contribution >= 0.6 is 0 Å². The van der Waals surface area contributed by atoms with E-state index in [1.807, 2.05) is 0 Å². The molecule has 5 rings (SSSR count). The Morgan fingerprint density at radius 2 is 1.05 bits per heavy atom. The maximum atomic E-state index is 16.8. The van der Waals surface area contributed by atoms with E-state index in [1.165, 1.54) is 12.1 Å². The molecule has 12 heteroatoms. The Labute approximate surface area is 244 Å². The molecule has 0 aliphatic heterocycles. The molecule has 2 aliphatic rings. The van der Waals surface area contributed by atoms with Crippen molar-refractivity contribution in [2.45, 2.75) is 0 Å². The van der Waals surface area contributed by atoms with Crippen LogP contribution in [0.3, 0.4) is 0 Å². The molecule has 3 aromatic carbocycles. The minimum atomic E-state index is -1.46. The Morgan fingerprint density at radius 3 is 1.48 bits per heavy atom. The second-order valence-corrected chi connectivity index (χ2v) is 8.98. The summed E-state index contributed by atoms with van der Waals surface area (Å²) in [4.78, 5) is 9.37. The smallest absolute Gasteiger partial charge is 0.237 e. The zero-order valence-corrected chi connectivity index (χ0v) is 21.4. The summed E-state index contributed by atoms with van der Waals surface area (Å²) in [6, 6.07) is 9.14. The maximum Gasteiger partial charge on any atom is 0.270 e. The number of allylic oxidation sites excluding steroid dienone is 7. The third-order valence-electron chi connectivity index (χ3n) is 6.90. The summed E-state index contributed by atoms with van der Waals surface area (Å²) in [6.07, 6.45) is 0. The topological polar surface area (TPSA) is 84.4 Å². The fourth-order valence-electron chi connectivity index (χ4n) is 5.20. The number of fused-ring (bicyclic) bond motifs is 2. The van der Waals surface area contributed by atoms with Crippen molar-refractivity contribution in [1.29, 1.82) is 15.8 Å². The van der Waals surface area contributed by atoms with Crippen LogP contribution in [-0.4, -0.2) is 0 Å². The third-order valence-corrected chi connectivity index (χ3v) is 6.90. The van der Waals surface area contributed by atoms with Gasteiger partial charge in [0, 0.05) is 27.8 Å². The van der Waals surface area contributed by atoms with Crippen LogP contribution in [0.5, 0.6) is 0 Å². The molecule has 0 unspecified atom stereocenters. The molecule has 0 aromatic heterocycles. The van der Waals surface area contributed by atoms with Crippen molar-refractivity contribution < 1.29 is 26.3 Å². The van der Waals surface area contributed by atoms with Crippen molar-refractivity contribution in [1.82, 2.24) is 0 Å². The van der Waals surface area contributed by atoms with Crippen LogP contribution in [0.4, 0.5) is 26.3 Å². The fraction of sp³-hybridized carbons (Fsp3) is 0. The van der Waals surface area contributed by atoms with Gasteiger partial charge in [-0.05, 0) is 52.1 Å². The monoisotopic (exact) mass is 588 g/mol. The van der Waals surface area contributed by atoms with Crippen LogP contribution in [0.2, 0.25) is 0 Å². The van der Waals surface area contributed by atoms with Crippen molar-refractivity contribution in [3.63, 3.8) is 0 Å². The highest BCUT2D eigenvalue weighted by Gasteiger charge is 2.44. The predicted octanol–water partition coefficient (Wildman–Crippen LogP) is 8.08. The van der Waals surface area contributed by atoms with Gasteiger partial charge in [-0.3, -0.25) is 0 Å². The molecule has 0 spiro atoms. The molecule has 206 valence electrons. The molecular formula is C32H6F6N6. The lowest BCUT2D eigenvalue weighted by molar-refractivity contribution is 0.508. The number of nitriles is 3. The van der Waals surface area contributed by atoms with E-state index in [-0.39, 0.29) is 11.1 Å². The van der Waals surface area contributed by atoms with Gasteiger partial charge in [0.1, 0.15) is 17.7 Å². The van der Waals surface area contributed by atoms with E-state index < -0.39 is 102 Å². The van der Waals surface area contributed by atoms with Crippen LogP contribution < -0.4 is 0 Å². The van der Waals surface area contributed by atoms with E-state index in [9.17, 15) is 33.3 Å². The molecule has 0 N–H and O–H groups in total. The number of hydrogen-bond donors (Lipinski definition) is 0. The highest BCUT2D eigenvalue weighted by Crippen LogP contribution is 2.57. The summed E-state index contributed by atoms with van der Waals surface area (Å²) in [7, 11) is 0. The van der Waals surface area contributed by atoms with Crippen molar-refractivity contribution >= 4 is 33.6 Å². The first-order valence-corrected chi connectivity index (χ1v) is 11.9. The first-order valence-electron chi connectivity index (χ1n) is 11.9. The number of hydrogen-bond acceptors (Lipinski definition) is 3. The van der Waals surface area contributed by atoms with E-state index in [1.54, 1.807) is 6.07 Å². The number of halogens is 6. The summed E-state index contributed by atoms with van der Waals surface area (Å²) < 4.78 is 89.7. The van der Waals surface area contributed by atoms with Gasteiger partial charge in [0.15, 0.2) is 23.3 Å². The SMILES string of the molecule is [C-]#[N+]C1=C(c2ccc(F)c(F)c2)/C(=C(/C#N)[N+]#[C-])c2c(F)c3c(c(F)c21)/C(=C(/C#N)[N+]#[C-])C(c1ccc(F)c(F)c1)=C3C#N. The number of rotatable bonds is 2. The average molecular weight is 588 g/mol. The van der Waals surface area contributed by atoms with E-state index in [4.69, 9.17) is 19.7 Å². The highest BCUT2D eigenvalue weighted by atomic mass is 19.2. The van der Waals surface area contributed by atoms with Gasteiger partial charge >= 0.3 is 0 Å². The molecule has 0 radical (unpaired) electrons. The summed E-state index contributed by atoms with van der Waals surface area (Å²) in [6.45, 7) is 22.8. The second-order valence-electron chi connectivity index (χ2n) is 8.98. The van der Waals surface area contributed by atoms with Gasteiger partial charge in [0.2, 0.25) is 5.70 Å². The fourth-order valence-corrected chi connectivity index (χ4v) is 5.20. The van der Waals surface area contributed by atoms with E-state index in [0.29, 0.717) is 24.3 Å². The Morgan fingerprint density at radius 1 is 0.591 bits per heavy atom. The molecule has 0 saturated heterocycles. The lowest BCUT2D eigenvalue weighted by atomic mass is 9.90. The predicted molar refractivity (Wildman–Crippen MR) is 143 cm³/mol. The van der Waals surface area contributed by atoms with Crippen LogP contribution in [-0.2, 0) is 0 Å². The average Bonchev–Trinajstić information content (AvgIpc) is 3.54. The van der Waals surface area contributed by atoms with Gasteiger partial charge in [0.25, 0.3) is 11.4 Å². The van der Waals surface area contributed by atoms with Gasteiger partial charge in [-0.25, -0.2) is 51.4 Å². The Hall–Kier alpha value is -6.86. The normalized spacial score (nSPS) is 15.3. The van der Waals surface area contributed by atoms with Crippen LogP contribution in [0, 0.1) is 88.6 Å². The van der Waals surface area contributed by atoms with Crippen LogP contribution in [0.15, 0.2) is 47.8 Å². The highest BCUT2D eigenvalue weighted by molar-refractivity contribution is 6.29. The molecule has 44 heavy (non-hydrogen) atoms. The Bertz CT molecular complexity index is 2110. The molecule has 6 nitrogen and oxygen atoms in total. The lowest BCUT2D eigenvalue weighted by Gasteiger charge is -2.15. The van der Waals surface area contributed by atoms with E-state index >= 15 is 8.78 Å². The minimum Gasteiger partial charge on any atom is -0.237 e. The van der Waals surface area contributed by atoms with Gasteiger partial charge in [-0.15, -0.1) is 0 Å². The molecule has 3 aromatic rings. The second kappa shape index (κ2) is 10.5. The van der Waals surface area contributed by atoms with Crippen LogP contribution in [0.1, 0.15) is 33.4 Å². The molecule has 0 atom stereocenters. The summed E-state index contributed by atoms with van der Waals surface area (Å²) >= 11 is 0. The first kappa shape index (κ1) is 28.7. The Kier molecular flexibility index (Phi) is 6.85.